The molecule has 0 bridgehead atoms. The zero-order valence-electron chi connectivity index (χ0n) is 13.4. The highest BCUT2D eigenvalue weighted by atomic mass is 16.6. The van der Waals surface area contributed by atoms with Crippen molar-refractivity contribution in [1.29, 1.82) is 0 Å². The number of alkyl carbamates (subject to hydrolysis) is 1. The Bertz CT molecular complexity index is 487. The van der Waals surface area contributed by atoms with Crippen LogP contribution in [-0.2, 0) is 25.6 Å². The number of rotatable bonds is 7. The maximum Gasteiger partial charge on any atom is 0.408 e. The molecular weight excluding hydrogens is 286 g/mol. The maximum absolute atomic E-state index is 11.8. The van der Waals surface area contributed by atoms with Crippen LogP contribution in [0, 0.1) is 0 Å². The first-order chi connectivity index (χ1) is 10.3. The predicted molar refractivity (Wildman–Crippen MR) is 81.3 cm³/mol. The van der Waals surface area contributed by atoms with Gasteiger partial charge in [-0.15, -0.1) is 0 Å². The van der Waals surface area contributed by atoms with Gasteiger partial charge in [-0.05, 0) is 26.3 Å². The Morgan fingerprint density at radius 3 is 2.41 bits per heavy atom. The number of esters is 1. The first kappa shape index (κ1) is 18.0. The van der Waals surface area contributed by atoms with E-state index in [1.807, 2.05) is 30.3 Å². The summed E-state index contributed by atoms with van der Waals surface area (Å²) in [7, 11) is 1.54. The van der Waals surface area contributed by atoms with Crippen molar-refractivity contribution in [2.75, 3.05) is 13.7 Å². The van der Waals surface area contributed by atoms with Crippen molar-refractivity contribution in [2.24, 2.45) is 0 Å². The van der Waals surface area contributed by atoms with Gasteiger partial charge in [0.1, 0.15) is 19.3 Å². The number of amides is 1. The van der Waals surface area contributed by atoms with E-state index in [-0.39, 0.29) is 13.2 Å². The second-order valence-corrected chi connectivity index (χ2v) is 5.50. The smallest absolute Gasteiger partial charge is 0.408 e. The Balaban J connectivity index is 2.32. The van der Waals surface area contributed by atoms with Crippen LogP contribution < -0.4 is 5.32 Å². The molecule has 1 rings (SSSR count). The van der Waals surface area contributed by atoms with Crippen molar-refractivity contribution < 1.29 is 23.8 Å². The highest BCUT2D eigenvalue weighted by Gasteiger charge is 2.23. The Labute approximate surface area is 130 Å². The second kappa shape index (κ2) is 8.38. The average Bonchev–Trinajstić information content (AvgIpc) is 2.51. The molecule has 1 aromatic carbocycles. The number of nitrogens with one attached hydrogen (secondary N) is 1. The number of benzene rings is 1. The van der Waals surface area contributed by atoms with E-state index in [0.717, 1.165) is 5.56 Å². The van der Waals surface area contributed by atoms with Crippen molar-refractivity contribution in [3.05, 3.63) is 35.9 Å². The fraction of sp³-hybridized carbons (Fsp3) is 0.500. The third-order valence-electron chi connectivity index (χ3n) is 3.02. The van der Waals surface area contributed by atoms with Gasteiger partial charge in [-0.3, -0.25) is 0 Å². The molecule has 0 saturated carbocycles. The lowest BCUT2D eigenvalue weighted by Gasteiger charge is -2.23. The Morgan fingerprint density at radius 2 is 1.82 bits per heavy atom. The van der Waals surface area contributed by atoms with E-state index < -0.39 is 23.7 Å². The van der Waals surface area contributed by atoms with Crippen LogP contribution >= 0.6 is 0 Å². The quantitative estimate of drug-likeness (QED) is 0.782. The topological polar surface area (TPSA) is 73.9 Å². The van der Waals surface area contributed by atoms with Gasteiger partial charge in [-0.25, -0.2) is 9.59 Å². The van der Waals surface area contributed by atoms with E-state index in [9.17, 15) is 9.59 Å². The Morgan fingerprint density at radius 1 is 1.18 bits per heavy atom. The molecule has 0 aliphatic heterocycles. The largest absolute Gasteiger partial charge is 0.461 e. The van der Waals surface area contributed by atoms with Crippen molar-refractivity contribution in [2.45, 2.75) is 39.0 Å². The van der Waals surface area contributed by atoms with E-state index in [0.29, 0.717) is 0 Å². The normalized spacial score (nSPS) is 12.4. The number of carbonyl (C=O) groups excluding carboxylic acids is 2. The lowest BCUT2D eigenvalue weighted by molar-refractivity contribution is -0.153. The minimum absolute atomic E-state index is 0.105. The van der Waals surface area contributed by atoms with Crippen molar-refractivity contribution >= 4 is 12.1 Å². The summed E-state index contributed by atoms with van der Waals surface area (Å²) in [6.07, 6.45) is -0.667. The van der Waals surface area contributed by atoms with E-state index in [2.05, 4.69) is 5.32 Å². The molecule has 0 saturated heterocycles. The summed E-state index contributed by atoms with van der Waals surface area (Å²) >= 11 is 0. The summed E-state index contributed by atoms with van der Waals surface area (Å²) < 4.78 is 15.3. The molecule has 0 heterocycles. The molecule has 6 nitrogen and oxygen atoms in total. The summed E-state index contributed by atoms with van der Waals surface area (Å²) in [5.41, 5.74) is 0.304. The first-order valence-corrected chi connectivity index (χ1v) is 7.03. The highest BCUT2D eigenvalue weighted by Crippen LogP contribution is 2.08. The number of carbonyl (C=O) groups is 2. The van der Waals surface area contributed by atoms with Gasteiger partial charge in [0.05, 0.1) is 5.60 Å². The van der Waals surface area contributed by atoms with Gasteiger partial charge in [-0.2, -0.15) is 0 Å². The Hall–Kier alpha value is -2.08. The summed E-state index contributed by atoms with van der Waals surface area (Å²) in [6, 6.07) is 8.48. The van der Waals surface area contributed by atoms with Gasteiger partial charge in [0, 0.05) is 7.11 Å². The molecule has 0 unspecified atom stereocenters. The zero-order valence-corrected chi connectivity index (χ0v) is 13.4. The van der Waals surface area contributed by atoms with Crippen LogP contribution in [0.15, 0.2) is 30.3 Å². The average molecular weight is 309 g/mol. The number of methoxy groups -OCH3 is 1. The van der Waals surface area contributed by atoms with Crippen LogP contribution in [0.1, 0.15) is 26.3 Å². The molecule has 1 aromatic rings. The lowest BCUT2D eigenvalue weighted by Crippen LogP contribution is -2.41. The maximum atomic E-state index is 11.8. The molecule has 1 atom stereocenters. The predicted octanol–water partition coefficient (Wildman–Crippen LogP) is 2.27. The first-order valence-electron chi connectivity index (χ1n) is 7.03. The van der Waals surface area contributed by atoms with Gasteiger partial charge in [0.25, 0.3) is 0 Å². The number of ether oxygens (including phenoxy) is 3. The highest BCUT2D eigenvalue weighted by molar-refractivity contribution is 5.80. The van der Waals surface area contributed by atoms with Crippen LogP contribution in [0.5, 0.6) is 0 Å². The van der Waals surface area contributed by atoms with E-state index in [1.165, 1.54) is 14.0 Å². The molecule has 0 spiro atoms. The Kier molecular flexibility index (Phi) is 6.85. The molecule has 0 aliphatic carbocycles. The van der Waals surface area contributed by atoms with E-state index in [1.54, 1.807) is 13.8 Å². The van der Waals surface area contributed by atoms with Gasteiger partial charge < -0.3 is 19.5 Å². The third-order valence-corrected chi connectivity index (χ3v) is 3.02. The lowest BCUT2D eigenvalue weighted by atomic mass is 10.1. The molecule has 1 amide bonds. The molecule has 22 heavy (non-hydrogen) atoms. The van der Waals surface area contributed by atoms with E-state index in [4.69, 9.17) is 14.2 Å². The zero-order chi connectivity index (χ0) is 16.6. The number of hydrogen-bond donors (Lipinski definition) is 1. The van der Waals surface area contributed by atoms with Crippen molar-refractivity contribution in [3.63, 3.8) is 0 Å². The van der Waals surface area contributed by atoms with Crippen LogP contribution in [0.25, 0.3) is 0 Å². The van der Waals surface area contributed by atoms with Crippen LogP contribution in [0.3, 0.4) is 0 Å². The summed E-state index contributed by atoms with van der Waals surface area (Å²) in [5.74, 6) is -0.540. The van der Waals surface area contributed by atoms with Crippen LogP contribution in [0.4, 0.5) is 4.79 Å². The van der Waals surface area contributed by atoms with E-state index >= 15 is 0 Å². The SMILES string of the molecule is COC(C)(C)COC(=O)[C@H](C)NC(=O)OCc1ccccc1. The van der Waals surface area contributed by atoms with Crippen molar-refractivity contribution in [3.8, 4) is 0 Å². The molecule has 0 aliphatic rings. The standard InChI is InChI=1S/C16H23NO5/c1-12(14(18)22-11-16(2,3)20-4)17-15(19)21-10-13-8-6-5-7-9-13/h5-9,12H,10-11H2,1-4H3,(H,17,19)/t12-/m0/s1. The van der Waals surface area contributed by atoms with Crippen LogP contribution in [0.2, 0.25) is 0 Å². The molecule has 122 valence electrons. The minimum atomic E-state index is -0.795. The fourth-order valence-electron chi connectivity index (χ4n) is 1.43. The van der Waals surface area contributed by atoms with Gasteiger partial charge >= 0.3 is 12.1 Å². The van der Waals surface area contributed by atoms with Gasteiger partial charge in [-0.1, -0.05) is 30.3 Å². The monoisotopic (exact) mass is 309 g/mol. The molecule has 6 heteroatoms. The molecular formula is C16H23NO5. The van der Waals surface area contributed by atoms with Gasteiger partial charge in [0.15, 0.2) is 0 Å². The summed E-state index contributed by atoms with van der Waals surface area (Å²) in [5, 5.41) is 2.43. The minimum Gasteiger partial charge on any atom is -0.461 e. The number of hydrogen-bond acceptors (Lipinski definition) is 5. The van der Waals surface area contributed by atoms with Gasteiger partial charge in [0.2, 0.25) is 0 Å². The summed E-state index contributed by atoms with van der Waals surface area (Å²) in [4.78, 5) is 23.4. The molecule has 1 N–H and O–H groups in total. The second-order valence-electron chi connectivity index (χ2n) is 5.50. The third kappa shape index (κ3) is 6.58. The summed E-state index contributed by atoms with van der Waals surface area (Å²) in [6.45, 7) is 5.38. The van der Waals surface area contributed by atoms with Crippen LogP contribution in [-0.4, -0.2) is 37.4 Å². The molecule has 0 radical (unpaired) electrons. The molecule has 0 aromatic heterocycles. The molecule has 0 fully saturated rings. The van der Waals surface area contributed by atoms with Crippen molar-refractivity contribution in [1.82, 2.24) is 5.32 Å². The fourth-order valence-corrected chi connectivity index (χ4v) is 1.43.